The summed E-state index contributed by atoms with van der Waals surface area (Å²) in [7, 11) is 0. The van der Waals surface area contributed by atoms with E-state index in [1.807, 2.05) is 67.6 Å². The summed E-state index contributed by atoms with van der Waals surface area (Å²) in [6, 6.07) is 18.6. The van der Waals surface area contributed by atoms with Crippen LogP contribution in [0.5, 0.6) is 0 Å². The predicted molar refractivity (Wildman–Crippen MR) is 116 cm³/mol. The maximum absolute atomic E-state index is 12.9. The molecule has 3 rings (SSSR count). The number of anilines is 1. The van der Waals surface area contributed by atoms with Crippen LogP contribution in [0.3, 0.4) is 0 Å². The Balaban J connectivity index is 1.70. The summed E-state index contributed by atoms with van der Waals surface area (Å²) >= 11 is 1.30. The largest absolute Gasteiger partial charge is 0.344 e. The van der Waals surface area contributed by atoms with E-state index in [2.05, 4.69) is 20.8 Å². The summed E-state index contributed by atoms with van der Waals surface area (Å²) in [5.41, 5.74) is 1.92. The maximum atomic E-state index is 12.9. The van der Waals surface area contributed by atoms with Crippen LogP contribution >= 0.6 is 11.3 Å². The van der Waals surface area contributed by atoms with Gasteiger partial charge in [0.15, 0.2) is 0 Å². The lowest BCUT2D eigenvalue weighted by Crippen LogP contribution is -2.45. The van der Waals surface area contributed by atoms with Gasteiger partial charge in [-0.1, -0.05) is 85.3 Å². The van der Waals surface area contributed by atoms with E-state index in [9.17, 15) is 9.59 Å². The van der Waals surface area contributed by atoms with E-state index in [1.54, 1.807) is 0 Å². The third-order valence-electron chi connectivity index (χ3n) is 4.37. The van der Waals surface area contributed by atoms with Crippen molar-refractivity contribution in [1.82, 2.24) is 15.5 Å². The minimum Gasteiger partial charge on any atom is -0.344 e. The van der Waals surface area contributed by atoms with Crippen LogP contribution in [0.25, 0.3) is 10.6 Å². The number of carbonyl (C=O) groups is 2. The van der Waals surface area contributed by atoms with Crippen LogP contribution in [0, 0.1) is 0 Å². The second-order valence-corrected chi connectivity index (χ2v) is 7.66. The molecule has 150 valence electrons. The van der Waals surface area contributed by atoms with Crippen molar-refractivity contribution in [3.05, 3.63) is 66.2 Å². The second kappa shape index (κ2) is 10.5. The van der Waals surface area contributed by atoms with Crippen LogP contribution in [0.15, 0.2) is 60.7 Å². The van der Waals surface area contributed by atoms with E-state index in [1.165, 1.54) is 11.3 Å². The van der Waals surface area contributed by atoms with E-state index in [4.69, 9.17) is 0 Å². The molecule has 0 bridgehead atoms. The number of rotatable bonds is 9. The molecule has 1 aromatic heterocycles. The van der Waals surface area contributed by atoms with E-state index in [0.717, 1.165) is 29.0 Å². The molecule has 0 aliphatic carbocycles. The molecular weight excluding hydrogens is 384 g/mol. The molecule has 0 fully saturated rings. The average molecular weight is 409 g/mol. The number of benzene rings is 2. The molecule has 7 heteroatoms. The Kier molecular flexibility index (Phi) is 7.47. The molecule has 0 aliphatic heterocycles. The van der Waals surface area contributed by atoms with Gasteiger partial charge in [0, 0.05) is 18.4 Å². The highest BCUT2D eigenvalue weighted by molar-refractivity contribution is 7.18. The minimum atomic E-state index is -0.675. The fraction of sp³-hybridized carbons (Fsp3) is 0.273. The number of amides is 2. The zero-order valence-electron chi connectivity index (χ0n) is 16.3. The minimum absolute atomic E-state index is 0.120. The van der Waals surface area contributed by atoms with E-state index >= 15 is 0 Å². The molecule has 0 saturated heterocycles. The lowest BCUT2D eigenvalue weighted by Gasteiger charge is -2.18. The lowest BCUT2D eigenvalue weighted by atomic mass is 10.0. The summed E-state index contributed by atoms with van der Waals surface area (Å²) in [6.45, 7) is 2.03. The molecular formula is C22H24N4O2S. The fourth-order valence-electron chi connectivity index (χ4n) is 2.83. The van der Waals surface area contributed by atoms with Crippen LogP contribution in [-0.4, -0.2) is 28.1 Å². The van der Waals surface area contributed by atoms with Gasteiger partial charge in [-0.15, -0.1) is 10.2 Å². The number of nitrogens with zero attached hydrogens (tertiary/aromatic N) is 2. The van der Waals surface area contributed by atoms with E-state index in [0.29, 0.717) is 18.0 Å². The first-order chi connectivity index (χ1) is 14.2. The molecule has 1 unspecified atom stereocenters. The highest BCUT2D eigenvalue weighted by Crippen LogP contribution is 2.26. The number of hydrogen-bond donors (Lipinski definition) is 2. The van der Waals surface area contributed by atoms with Gasteiger partial charge in [-0.2, -0.15) is 0 Å². The van der Waals surface area contributed by atoms with Gasteiger partial charge in [0.25, 0.3) is 0 Å². The molecule has 3 aromatic rings. The molecule has 0 aliphatic rings. The van der Waals surface area contributed by atoms with Crippen molar-refractivity contribution in [3.8, 4) is 10.6 Å². The van der Waals surface area contributed by atoms with E-state index in [-0.39, 0.29) is 11.8 Å². The van der Waals surface area contributed by atoms with E-state index < -0.39 is 6.04 Å². The number of carbonyl (C=O) groups excluding carboxylic acids is 2. The molecule has 0 radical (unpaired) electrons. The summed E-state index contributed by atoms with van der Waals surface area (Å²) in [5.74, 6) is -0.417. The van der Waals surface area contributed by atoms with Crippen molar-refractivity contribution in [2.75, 3.05) is 5.32 Å². The first kappa shape index (κ1) is 20.7. The van der Waals surface area contributed by atoms with Crippen molar-refractivity contribution in [2.24, 2.45) is 0 Å². The molecule has 1 atom stereocenters. The Morgan fingerprint density at radius 1 is 1.00 bits per heavy atom. The zero-order chi connectivity index (χ0) is 20.5. The molecule has 1 heterocycles. The Bertz CT molecular complexity index is 928. The number of unbranched alkanes of at least 4 members (excludes halogenated alkanes) is 1. The van der Waals surface area contributed by atoms with Gasteiger partial charge in [-0.05, 0) is 12.0 Å². The Morgan fingerprint density at radius 2 is 1.69 bits per heavy atom. The lowest BCUT2D eigenvalue weighted by molar-refractivity contribution is -0.126. The van der Waals surface area contributed by atoms with Crippen LogP contribution < -0.4 is 10.6 Å². The molecule has 0 saturated carbocycles. The standard InChI is InChI=1S/C22H24N4O2S/c1-2-3-14-19(27)23-18(15-16-10-6-4-7-11-16)20(28)24-22-26-25-21(29-22)17-12-8-5-9-13-17/h4-13,18H,2-3,14-15H2,1H3,(H,23,27)(H,24,26,28). The number of nitrogens with one attached hydrogen (secondary N) is 2. The molecule has 6 nitrogen and oxygen atoms in total. The third kappa shape index (κ3) is 6.22. The number of hydrogen-bond acceptors (Lipinski definition) is 5. The Labute approximate surface area is 174 Å². The van der Waals surface area contributed by atoms with Gasteiger partial charge < -0.3 is 5.32 Å². The SMILES string of the molecule is CCCCC(=O)NC(Cc1ccccc1)C(=O)Nc1nnc(-c2ccccc2)s1. The fourth-order valence-corrected chi connectivity index (χ4v) is 3.58. The topological polar surface area (TPSA) is 84.0 Å². The molecule has 2 amide bonds. The maximum Gasteiger partial charge on any atom is 0.249 e. The molecule has 0 spiro atoms. The zero-order valence-corrected chi connectivity index (χ0v) is 17.1. The molecule has 2 aromatic carbocycles. The summed E-state index contributed by atoms with van der Waals surface area (Å²) in [5, 5.41) is 15.0. The van der Waals surface area contributed by atoms with Crippen LogP contribution in [0.2, 0.25) is 0 Å². The Hall–Kier alpha value is -3.06. The van der Waals surface area contributed by atoms with Crippen LogP contribution in [0.4, 0.5) is 5.13 Å². The normalized spacial score (nSPS) is 11.6. The quantitative estimate of drug-likeness (QED) is 0.559. The van der Waals surface area contributed by atoms with Gasteiger partial charge >= 0.3 is 0 Å². The van der Waals surface area contributed by atoms with Crippen LogP contribution in [0.1, 0.15) is 31.7 Å². The van der Waals surface area contributed by atoms with Gasteiger partial charge in [0.2, 0.25) is 16.9 Å². The summed E-state index contributed by atoms with van der Waals surface area (Å²) < 4.78 is 0. The van der Waals surface area contributed by atoms with Crippen molar-refractivity contribution in [3.63, 3.8) is 0 Å². The van der Waals surface area contributed by atoms with Crippen molar-refractivity contribution >= 4 is 28.3 Å². The van der Waals surface area contributed by atoms with Gasteiger partial charge in [0.1, 0.15) is 11.0 Å². The monoisotopic (exact) mass is 408 g/mol. The van der Waals surface area contributed by atoms with Crippen molar-refractivity contribution in [2.45, 2.75) is 38.6 Å². The van der Waals surface area contributed by atoms with Crippen molar-refractivity contribution < 1.29 is 9.59 Å². The summed E-state index contributed by atoms with van der Waals surface area (Å²) in [4.78, 5) is 25.1. The first-order valence-corrected chi connectivity index (χ1v) is 10.5. The highest BCUT2D eigenvalue weighted by Gasteiger charge is 2.22. The average Bonchev–Trinajstić information content (AvgIpc) is 3.21. The third-order valence-corrected chi connectivity index (χ3v) is 5.26. The van der Waals surface area contributed by atoms with Crippen molar-refractivity contribution in [1.29, 1.82) is 0 Å². The van der Waals surface area contributed by atoms with Gasteiger partial charge in [0.05, 0.1) is 0 Å². The molecule has 2 N–H and O–H groups in total. The van der Waals surface area contributed by atoms with Crippen LogP contribution in [-0.2, 0) is 16.0 Å². The predicted octanol–water partition coefficient (Wildman–Crippen LogP) is 4.06. The van der Waals surface area contributed by atoms with Gasteiger partial charge in [-0.25, -0.2) is 0 Å². The smallest absolute Gasteiger partial charge is 0.249 e. The highest BCUT2D eigenvalue weighted by atomic mass is 32.1. The first-order valence-electron chi connectivity index (χ1n) is 9.68. The van der Waals surface area contributed by atoms with Gasteiger partial charge in [-0.3, -0.25) is 14.9 Å². The number of aromatic nitrogens is 2. The second-order valence-electron chi connectivity index (χ2n) is 6.68. The Morgan fingerprint density at radius 3 is 2.38 bits per heavy atom. The summed E-state index contributed by atoms with van der Waals surface area (Å²) in [6.07, 6.45) is 2.54. The molecule has 29 heavy (non-hydrogen) atoms.